The topological polar surface area (TPSA) is 34.2 Å². The summed E-state index contributed by atoms with van der Waals surface area (Å²) in [6, 6.07) is 3.69. The molecule has 0 spiro atoms. The summed E-state index contributed by atoms with van der Waals surface area (Å²) in [5.41, 5.74) is 0.859. The molecule has 1 aromatic rings. The van der Waals surface area contributed by atoms with Crippen molar-refractivity contribution in [2.75, 3.05) is 13.2 Å². The van der Waals surface area contributed by atoms with Crippen LogP contribution in [-0.4, -0.2) is 18.1 Å². The van der Waals surface area contributed by atoms with Gasteiger partial charge in [-0.05, 0) is 24.9 Å². The van der Waals surface area contributed by atoms with E-state index in [1.165, 1.54) is 12.8 Å². The maximum Gasteiger partial charge on any atom is 0.213 e. The van der Waals surface area contributed by atoms with E-state index in [1.54, 1.807) is 0 Å². The van der Waals surface area contributed by atoms with Crippen LogP contribution in [0.2, 0.25) is 5.02 Å². The van der Waals surface area contributed by atoms with Crippen molar-refractivity contribution in [2.45, 2.75) is 32.7 Å². The Morgan fingerprint density at radius 2 is 2.29 bits per heavy atom. The number of ether oxygens (including phenoxy) is 1. The van der Waals surface area contributed by atoms with Crippen molar-refractivity contribution in [1.82, 2.24) is 10.3 Å². The summed E-state index contributed by atoms with van der Waals surface area (Å²) >= 11 is 6.07. The van der Waals surface area contributed by atoms with Gasteiger partial charge in [-0.2, -0.15) is 0 Å². The Kier molecular flexibility index (Phi) is 4.63. The van der Waals surface area contributed by atoms with Crippen LogP contribution in [0.3, 0.4) is 0 Å². The molecule has 0 amide bonds. The molecule has 0 aromatic carbocycles. The number of aromatic nitrogens is 1. The average Bonchev–Trinajstić information content (AvgIpc) is 3.13. The molecule has 2 rings (SSSR count). The Labute approximate surface area is 108 Å². The molecule has 0 unspecified atom stereocenters. The van der Waals surface area contributed by atoms with E-state index < -0.39 is 0 Å². The van der Waals surface area contributed by atoms with Crippen molar-refractivity contribution < 1.29 is 4.74 Å². The predicted molar refractivity (Wildman–Crippen MR) is 69.5 cm³/mol. The molecule has 1 fully saturated rings. The minimum absolute atomic E-state index is 0.683. The molecule has 0 aliphatic heterocycles. The first kappa shape index (κ1) is 12.7. The Hall–Kier alpha value is -0.800. The zero-order chi connectivity index (χ0) is 12.1. The molecule has 0 atom stereocenters. The van der Waals surface area contributed by atoms with E-state index in [-0.39, 0.29) is 0 Å². The lowest BCUT2D eigenvalue weighted by Gasteiger charge is -2.08. The van der Waals surface area contributed by atoms with Crippen LogP contribution in [0.5, 0.6) is 5.88 Å². The third-order valence-electron chi connectivity index (χ3n) is 2.91. The standard InChI is InChI=1S/C13H19ClN2O/c1-2-15-9-12-11(14)5-6-13(16-12)17-8-7-10-3-4-10/h5-6,10,15H,2-4,7-9H2,1H3. The Morgan fingerprint density at radius 1 is 1.47 bits per heavy atom. The summed E-state index contributed by atoms with van der Waals surface area (Å²) in [6.45, 7) is 4.42. The van der Waals surface area contributed by atoms with Crippen LogP contribution >= 0.6 is 11.6 Å². The van der Waals surface area contributed by atoms with E-state index in [0.717, 1.165) is 31.2 Å². The number of hydrogen-bond donors (Lipinski definition) is 1. The van der Waals surface area contributed by atoms with Crippen LogP contribution in [0.15, 0.2) is 12.1 Å². The zero-order valence-electron chi connectivity index (χ0n) is 10.2. The van der Waals surface area contributed by atoms with Gasteiger partial charge in [-0.1, -0.05) is 31.4 Å². The van der Waals surface area contributed by atoms with Crippen LogP contribution in [0.1, 0.15) is 31.9 Å². The Bertz CT molecular complexity index is 366. The van der Waals surface area contributed by atoms with Crippen molar-refractivity contribution in [2.24, 2.45) is 5.92 Å². The van der Waals surface area contributed by atoms with Crippen molar-refractivity contribution >= 4 is 11.6 Å². The monoisotopic (exact) mass is 254 g/mol. The molecule has 0 radical (unpaired) electrons. The van der Waals surface area contributed by atoms with Crippen molar-refractivity contribution in [3.8, 4) is 5.88 Å². The Balaban J connectivity index is 1.87. The molecule has 3 nitrogen and oxygen atoms in total. The first-order valence-electron chi connectivity index (χ1n) is 6.28. The maximum atomic E-state index is 6.07. The summed E-state index contributed by atoms with van der Waals surface area (Å²) in [5.74, 6) is 1.58. The third-order valence-corrected chi connectivity index (χ3v) is 3.25. The van der Waals surface area contributed by atoms with Crippen molar-refractivity contribution in [1.29, 1.82) is 0 Å². The highest BCUT2D eigenvalue weighted by molar-refractivity contribution is 6.31. The van der Waals surface area contributed by atoms with Gasteiger partial charge in [0.25, 0.3) is 0 Å². The smallest absolute Gasteiger partial charge is 0.213 e. The molecule has 0 bridgehead atoms. The highest BCUT2D eigenvalue weighted by Gasteiger charge is 2.20. The highest BCUT2D eigenvalue weighted by Crippen LogP contribution is 2.32. The molecule has 1 heterocycles. The van der Waals surface area contributed by atoms with Crippen LogP contribution in [0.25, 0.3) is 0 Å². The molecule has 94 valence electrons. The SMILES string of the molecule is CCNCc1nc(OCCC2CC2)ccc1Cl. The fourth-order valence-electron chi connectivity index (χ4n) is 1.65. The predicted octanol–water partition coefficient (Wildman–Crippen LogP) is 3.02. The fourth-order valence-corrected chi connectivity index (χ4v) is 1.82. The molecular formula is C13H19ClN2O. The lowest BCUT2D eigenvalue weighted by molar-refractivity contribution is 0.290. The largest absolute Gasteiger partial charge is 0.478 e. The minimum Gasteiger partial charge on any atom is -0.478 e. The lowest BCUT2D eigenvalue weighted by atomic mass is 10.3. The first-order valence-corrected chi connectivity index (χ1v) is 6.66. The zero-order valence-corrected chi connectivity index (χ0v) is 11.0. The van der Waals surface area contributed by atoms with Gasteiger partial charge in [0.15, 0.2) is 0 Å². The molecule has 1 saturated carbocycles. The first-order chi connectivity index (χ1) is 8.29. The van der Waals surface area contributed by atoms with E-state index in [2.05, 4.69) is 17.2 Å². The van der Waals surface area contributed by atoms with Gasteiger partial charge in [-0.3, -0.25) is 0 Å². The maximum absolute atomic E-state index is 6.07. The second-order valence-electron chi connectivity index (χ2n) is 4.44. The summed E-state index contributed by atoms with van der Waals surface area (Å²) < 4.78 is 5.63. The van der Waals surface area contributed by atoms with E-state index in [0.29, 0.717) is 17.4 Å². The molecule has 17 heavy (non-hydrogen) atoms. The van der Waals surface area contributed by atoms with Gasteiger partial charge in [0.1, 0.15) is 0 Å². The van der Waals surface area contributed by atoms with E-state index in [9.17, 15) is 0 Å². The van der Waals surface area contributed by atoms with Gasteiger partial charge in [0.2, 0.25) is 5.88 Å². The number of nitrogens with one attached hydrogen (secondary N) is 1. The van der Waals surface area contributed by atoms with E-state index in [4.69, 9.17) is 16.3 Å². The number of hydrogen-bond acceptors (Lipinski definition) is 3. The van der Waals surface area contributed by atoms with Gasteiger partial charge >= 0.3 is 0 Å². The second-order valence-corrected chi connectivity index (χ2v) is 4.85. The van der Waals surface area contributed by atoms with Gasteiger partial charge in [0, 0.05) is 12.6 Å². The third kappa shape index (κ3) is 4.17. The van der Waals surface area contributed by atoms with Crippen LogP contribution in [0.4, 0.5) is 0 Å². The molecule has 4 heteroatoms. The minimum atomic E-state index is 0.683. The van der Waals surface area contributed by atoms with Gasteiger partial charge in [-0.25, -0.2) is 4.98 Å². The summed E-state index contributed by atoms with van der Waals surface area (Å²) in [7, 11) is 0. The van der Waals surface area contributed by atoms with E-state index in [1.807, 2.05) is 12.1 Å². The lowest BCUT2D eigenvalue weighted by Crippen LogP contribution is -2.13. The number of pyridine rings is 1. The molecular weight excluding hydrogens is 236 g/mol. The number of rotatable bonds is 7. The van der Waals surface area contributed by atoms with Gasteiger partial charge in [-0.15, -0.1) is 0 Å². The highest BCUT2D eigenvalue weighted by atomic mass is 35.5. The molecule has 1 N–H and O–H groups in total. The van der Waals surface area contributed by atoms with E-state index >= 15 is 0 Å². The Morgan fingerprint density at radius 3 is 3.00 bits per heavy atom. The summed E-state index contributed by atoms with van der Waals surface area (Å²) in [4.78, 5) is 4.41. The normalized spacial score (nSPS) is 14.9. The average molecular weight is 255 g/mol. The summed E-state index contributed by atoms with van der Waals surface area (Å²) in [5, 5.41) is 3.91. The van der Waals surface area contributed by atoms with Gasteiger partial charge in [0.05, 0.1) is 17.3 Å². The van der Waals surface area contributed by atoms with Crippen LogP contribution in [-0.2, 0) is 6.54 Å². The summed E-state index contributed by atoms with van der Waals surface area (Å²) in [6.07, 6.45) is 3.87. The van der Waals surface area contributed by atoms with Crippen LogP contribution in [0, 0.1) is 5.92 Å². The molecule has 1 aliphatic carbocycles. The fraction of sp³-hybridized carbons (Fsp3) is 0.615. The van der Waals surface area contributed by atoms with Gasteiger partial charge < -0.3 is 10.1 Å². The quantitative estimate of drug-likeness (QED) is 0.812. The number of nitrogens with zero attached hydrogens (tertiary/aromatic N) is 1. The van der Waals surface area contributed by atoms with Crippen molar-refractivity contribution in [3.63, 3.8) is 0 Å². The van der Waals surface area contributed by atoms with Crippen LogP contribution < -0.4 is 10.1 Å². The van der Waals surface area contributed by atoms with Crippen molar-refractivity contribution in [3.05, 3.63) is 22.8 Å². The second kappa shape index (κ2) is 6.22. The molecule has 0 saturated heterocycles. The molecule has 1 aliphatic rings. The molecule has 1 aromatic heterocycles. The number of halogens is 1.